The Balaban J connectivity index is 1.85. The van der Waals surface area contributed by atoms with Gasteiger partial charge in [0.25, 0.3) is 0 Å². The zero-order valence-electron chi connectivity index (χ0n) is 10.7. The second kappa shape index (κ2) is 6.20. The highest BCUT2D eigenvalue weighted by atomic mass is 16.2. The van der Waals surface area contributed by atoms with E-state index < -0.39 is 0 Å². The maximum absolute atomic E-state index is 11.7. The van der Waals surface area contributed by atoms with Crippen LogP contribution in [-0.2, 0) is 4.79 Å². The highest BCUT2D eigenvalue weighted by Crippen LogP contribution is 2.34. The first-order valence-corrected chi connectivity index (χ1v) is 6.93. The van der Waals surface area contributed by atoms with E-state index in [1.165, 1.54) is 38.5 Å². The lowest BCUT2D eigenvalue weighted by atomic mass is 9.78. The smallest absolute Gasteiger partial charge is 0.234 e. The molecule has 1 heterocycles. The van der Waals surface area contributed by atoms with Gasteiger partial charge in [0.05, 0.1) is 6.54 Å². The van der Waals surface area contributed by atoms with Crippen LogP contribution in [0.15, 0.2) is 12.7 Å². The molecule has 96 valence electrons. The molecule has 0 aromatic rings. The topological polar surface area (TPSA) is 32.3 Å². The minimum absolute atomic E-state index is 0.149. The molecule has 1 saturated carbocycles. The number of amides is 1. The third kappa shape index (κ3) is 3.32. The van der Waals surface area contributed by atoms with E-state index in [-0.39, 0.29) is 5.91 Å². The van der Waals surface area contributed by atoms with Gasteiger partial charge in [-0.2, -0.15) is 0 Å². The Kier molecular flexibility index (Phi) is 4.60. The number of rotatable bonds is 4. The molecule has 0 aromatic carbocycles. The maximum atomic E-state index is 11.7. The van der Waals surface area contributed by atoms with Crippen LogP contribution in [0.1, 0.15) is 38.5 Å². The molecular weight excluding hydrogens is 212 g/mol. The molecule has 0 spiro atoms. The third-order valence-electron chi connectivity index (χ3n) is 4.15. The Labute approximate surface area is 104 Å². The van der Waals surface area contributed by atoms with Crippen LogP contribution < -0.4 is 5.32 Å². The minimum atomic E-state index is 0.149. The quantitative estimate of drug-likeness (QED) is 0.757. The van der Waals surface area contributed by atoms with Crippen molar-refractivity contribution in [2.45, 2.75) is 44.6 Å². The summed E-state index contributed by atoms with van der Waals surface area (Å²) in [6.07, 6.45) is 9.75. The number of nitrogens with one attached hydrogen (secondary N) is 1. The first kappa shape index (κ1) is 12.6. The van der Waals surface area contributed by atoms with Crippen LogP contribution in [0.5, 0.6) is 0 Å². The average molecular weight is 236 g/mol. The molecule has 1 aliphatic carbocycles. The number of fused-ring (bicyclic) bond motifs is 1. The fourth-order valence-electron chi connectivity index (χ4n) is 3.35. The molecule has 2 unspecified atom stereocenters. The Morgan fingerprint density at radius 1 is 1.29 bits per heavy atom. The first-order chi connectivity index (χ1) is 8.31. The lowest BCUT2D eigenvalue weighted by Crippen LogP contribution is -2.50. The number of carbonyl (C=O) groups is 1. The van der Waals surface area contributed by atoms with Gasteiger partial charge in [0.15, 0.2) is 0 Å². The molecule has 3 heteroatoms. The van der Waals surface area contributed by atoms with E-state index in [2.05, 4.69) is 16.8 Å². The van der Waals surface area contributed by atoms with Gasteiger partial charge in [-0.25, -0.2) is 0 Å². The summed E-state index contributed by atoms with van der Waals surface area (Å²) in [5, 5.41) is 2.88. The number of carbonyl (C=O) groups excluding carboxylic acids is 1. The number of hydrogen-bond acceptors (Lipinski definition) is 2. The molecule has 2 fully saturated rings. The summed E-state index contributed by atoms with van der Waals surface area (Å²) in [7, 11) is 0. The number of hydrogen-bond donors (Lipinski definition) is 1. The van der Waals surface area contributed by atoms with Gasteiger partial charge >= 0.3 is 0 Å². The standard InChI is InChI=1S/C14H24N2O/c1-2-9-15-14(17)11-16-10-5-7-12-6-3-4-8-13(12)16/h2,12-13H,1,3-11H2,(H,15,17). The van der Waals surface area contributed by atoms with Gasteiger partial charge in [-0.3, -0.25) is 9.69 Å². The van der Waals surface area contributed by atoms with Crippen molar-refractivity contribution in [2.75, 3.05) is 19.6 Å². The lowest BCUT2D eigenvalue weighted by molar-refractivity contribution is -0.123. The molecule has 2 rings (SSSR count). The van der Waals surface area contributed by atoms with E-state index >= 15 is 0 Å². The summed E-state index contributed by atoms with van der Waals surface area (Å²) in [6.45, 7) is 5.88. The van der Waals surface area contributed by atoms with Crippen molar-refractivity contribution < 1.29 is 4.79 Å². The van der Waals surface area contributed by atoms with Gasteiger partial charge in [-0.1, -0.05) is 18.9 Å². The fraction of sp³-hybridized carbons (Fsp3) is 0.786. The summed E-state index contributed by atoms with van der Waals surface area (Å²) >= 11 is 0. The number of likely N-dealkylation sites (tertiary alicyclic amines) is 1. The molecular formula is C14H24N2O. The molecule has 0 bridgehead atoms. The summed E-state index contributed by atoms with van der Waals surface area (Å²) in [6, 6.07) is 0.673. The van der Waals surface area contributed by atoms with Crippen LogP contribution in [-0.4, -0.2) is 36.5 Å². The van der Waals surface area contributed by atoms with E-state index in [0.717, 1.165) is 12.5 Å². The van der Waals surface area contributed by atoms with Gasteiger partial charge in [-0.05, 0) is 38.1 Å². The normalized spacial score (nSPS) is 29.4. The van der Waals surface area contributed by atoms with E-state index in [1.54, 1.807) is 6.08 Å². The predicted molar refractivity (Wildman–Crippen MR) is 69.8 cm³/mol. The summed E-state index contributed by atoms with van der Waals surface area (Å²) in [4.78, 5) is 14.2. The Morgan fingerprint density at radius 3 is 2.88 bits per heavy atom. The maximum Gasteiger partial charge on any atom is 0.234 e. The third-order valence-corrected chi connectivity index (χ3v) is 4.15. The first-order valence-electron chi connectivity index (χ1n) is 6.93. The molecule has 2 atom stereocenters. The van der Waals surface area contributed by atoms with Crippen LogP contribution in [0.25, 0.3) is 0 Å². The zero-order chi connectivity index (χ0) is 12.1. The number of piperidine rings is 1. The predicted octanol–water partition coefficient (Wildman–Crippen LogP) is 1.94. The molecule has 0 aromatic heterocycles. The van der Waals surface area contributed by atoms with Gasteiger partial charge in [0, 0.05) is 12.6 Å². The van der Waals surface area contributed by atoms with E-state index in [9.17, 15) is 4.79 Å². The van der Waals surface area contributed by atoms with Crippen LogP contribution in [0.3, 0.4) is 0 Å². The van der Waals surface area contributed by atoms with Gasteiger partial charge in [0.2, 0.25) is 5.91 Å². The Hall–Kier alpha value is -0.830. The van der Waals surface area contributed by atoms with E-state index in [1.807, 2.05) is 0 Å². The number of nitrogens with zero attached hydrogens (tertiary/aromatic N) is 1. The second-order valence-corrected chi connectivity index (χ2v) is 5.32. The molecule has 2 aliphatic rings. The Morgan fingerprint density at radius 2 is 2.06 bits per heavy atom. The summed E-state index contributed by atoms with van der Waals surface area (Å²) < 4.78 is 0. The van der Waals surface area contributed by atoms with Crippen molar-refractivity contribution in [1.29, 1.82) is 0 Å². The van der Waals surface area contributed by atoms with Crippen molar-refractivity contribution in [3.05, 3.63) is 12.7 Å². The summed E-state index contributed by atoms with van der Waals surface area (Å²) in [5.74, 6) is 1.00. The van der Waals surface area contributed by atoms with Gasteiger partial charge < -0.3 is 5.32 Å². The van der Waals surface area contributed by atoms with Crippen LogP contribution in [0.2, 0.25) is 0 Å². The SMILES string of the molecule is C=CCNC(=O)CN1CCCC2CCCCC21. The molecule has 3 nitrogen and oxygen atoms in total. The molecule has 17 heavy (non-hydrogen) atoms. The van der Waals surface area contributed by atoms with Crippen LogP contribution in [0, 0.1) is 5.92 Å². The Bertz CT molecular complexity index is 275. The zero-order valence-corrected chi connectivity index (χ0v) is 10.7. The van der Waals surface area contributed by atoms with Crippen molar-refractivity contribution in [1.82, 2.24) is 10.2 Å². The van der Waals surface area contributed by atoms with Crippen LogP contribution in [0.4, 0.5) is 0 Å². The molecule has 1 saturated heterocycles. The van der Waals surface area contributed by atoms with Crippen molar-refractivity contribution in [3.63, 3.8) is 0 Å². The largest absolute Gasteiger partial charge is 0.352 e. The van der Waals surface area contributed by atoms with Gasteiger partial charge in [-0.15, -0.1) is 6.58 Å². The van der Waals surface area contributed by atoms with Crippen molar-refractivity contribution in [2.24, 2.45) is 5.92 Å². The second-order valence-electron chi connectivity index (χ2n) is 5.32. The molecule has 1 N–H and O–H groups in total. The van der Waals surface area contributed by atoms with E-state index in [4.69, 9.17) is 0 Å². The highest BCUT2D eigenvalue weighted by Gasteiger charge is 2.33. The molecule has 1 aliphatic heterocycles. The highest BCUT2D eigenvalue weighted by molar-refractivity contribution is 5.78. The average Bonchev–Trinajstić information content (AvgIpc) is 2.37. The monoisotopic (exact) mass is 236 g/mol. The van der Waals surface area contributed by atoms with Crippen molar-refractivity contribution in [3.8, 4) is 0 Å². The van der Waals surface area contributed by atoms with E-state index in [0.29, 0.717) is 19.1 Å². The molecule has 0 radical (unpaired) electrons. The fourth-order valence-corrected chi connectivity index (χ4v) is 3.35. The minimum Gasteiger partial charge on any atom is -0.352 e. The summed E-state index contributed by atoms with van der Waals surface area (Å²) in [5.41, 5.74) is 0. The molecule has 1 amide bonds. The van der Waals surface area contributed by atoms with Gasteiger partial charge in [0.1, 0.15) is 0 Å². The lowest BCUT2D eigenvalue weighted by Gasteiger charge is -2.43. The van der Waals surface area contributed by atoms with Crippen molar-refractivity contribution >= 4 is 5.91 Å². The van der Waals surface area contributed by atoms with Crippen LogP contribution >= 0.6 is 0 Å².